The summed E-state index contributed by atoms with van der Waals surface area (Å²) in [6.07, 6.45) is 3.74. The fourth-order valence-corrected chi connectivity index (χ4v) is 2.74. The van der Waals surface area contributed by atoms with Gasteiger partial charge in [0.15, 0.2) is 0 Å². The minimum atomic E-state index is -0.880. The van der Waals surface area contributed by atoms with Crippen molar-refractivity contribution in [1.29, 1.82) is 0 Å². The van der Waals surface area contributed by atoms with Crippen LogP contribution in [0.15, 0.2) is 35.5 Å². The maximum absolute atomic E-state index is 11.1. The second-order valence-electron chi connectivity index (χ2n) is 4.20. The predicted octanol–water partition coefficient (Wildman–Crippen LogP) is 3.20. The molecule has 0 aliphatic rings. The molecule has 0 unspecified atom stereocenters. The van der Waals surface area contributed by atoms with Crippen LogP contribution in [0.1, 0.15) is 28.7 Å². The number of rotatable bonds is 5. The molecule has 0 fully saturated rings. The number of aryl methyl sites for hydroxylation is 2. The topological polar surface area (TPSA) is 55.1 Å². The summed E-state index contributed by atoms with van der Waals surface area (Å²) in [5.74, 6) is 0.864. The van der Waals surface area contributed by atoms with Crippen LogP contribution in [0.3, 0.4) is 0 Å². The molecule has 0 saturated carbocycles. The van der Waals surface area contributed by atoms with Gasteiger partial charge < -0.3 is 9.67 Å². The maximum Gasteiger partial charge on any atom is 0.335 e. The van der Waals surface area contributed by atoms with E-state index in [0.29, 0.717) is 5.56 Å². The normalized spacial score (nSPS) is 10.6. The number of carbonyl (C=O) groups is 1. The zero-order valence-electron chi connectivity index (χ0n) is 11.0. The van der Waals surface area contributed by atoms with Crippen molar-refractivity contribution in [2.75, 3.05) is 0 Å². The summed E-state index contributed by atoms with van der Waals surface area (Å²) in [4.78, 5) is 16.3. The van der Waals surface area contributed by atoms with Gasteiger partial charge in [0.05, 0.1) is 11.3 Å². The second-order valence-corrected chi connectivity index (χ2v) is 5.25. The van der Waals surface area contributed by atoms with Gasteiger partial charge in [-0.15, -0.1) is 11.8 Å². The highest BCUT2D eigenvalue weighted by atomic mass is 32.2. The molecule has 5 heteroatoms. The zero-order valence-corrected chi connectivity index (χ0v) is 11.8. The Morgan fingerprint density at radius 2 is 2.26 bits per heavy atom. The molecule has 1 aromatic carbocycles. The third-order valence-electron chi connectivity index (χ3n) is 2.95. The molecule has 0 atom stereocenters. The van der Waals surface area contributed by atoms with Crippen LogP contribution in [-0.4, -0.2) is 20.6 Å². The summed E-state index contributed by atoms with van der Waals surface area (Å²) in [6, 6.07) is 5.52. The number of aromatic carboxylic acids is 1. The lowest BCUT2D eigenvalue weighted by Crippen LogP contribution is -2.00. The quantitative estimate of drug-likeness (QED) is 0.852. The van der Waals surface area contributed by atoms with Crippen LogP contribution in [0.5, 0.6) is 0 Å². The summed E-state index contributed by atoms with van der Waals surface area (Å²) in [5.41, 5.74) is 1.15. The summed E-state index contributed by atoms with van der Waals surface area (Å²) in [5, 5.41) is 9.10. The lowest BCUT2D eigenvalue weighted by Gasteiger charge is -2.06. The first-order chi connectivity index (χ1) is 9.11. The van der Waals surface area contributed by atoms with Gasteiger partial charge in [-0.2, -0.15) is 0 Å². The van der Waals surface area contributed by atoms with Gasteiger partial charge in [0.2, 0.25) is 0 Å². The number of nitrogens with zero attached hydrogens (tertiary/aromatic N) is 2. The second kappa shape index (κ2) is 5.93. The summed E-state index contributed by atoms with van der Waals surface area (Å²) in [6.45, 7) is 4.77. The van der Waals surface area contributed by atoms with Gasteiger partial charge in [-0.3, -0.25) is 0 Å². The van der Waals surface area contributed by atoms with Crippen molar-refractivity contribution in [3.8, 4) is 0 Å². The number of benzene rings is 1. The smallest absolute Gasteiger partial charge is 0.335 e. The van der Waals surface area contributed by atoms with Gasteiger partial charge in [0.1, 0.15) is 5.82 Å². The van der Waals surface area contributed by atoms with Crippen molar-refractivity contribution in [3.05, 3.63) is 47.5 Å². The highest BCUT2D eigenvalue weighted by Crippen LogP contribution is 2.24. The van der Waals surface area contributed by atoms with Gasteiger partial charge in [-0.05, 0) is 31.5 Å². The van der Waals surface area contributed by atoms with E-state index in [-0.39, 0.29) is 0 Å². The largest absolute Gasteiger partial charge is 0.478 e. The Hall–Kier alpha value is -1.75. The Labute approximate surface area is 116 Å². The average Bonchev–Trinajstić information content (AvgIpc) is 2.84. The lowest BCUT2D eigenvalue weighted by molar-refractivity contribution is 0.0696. The van der Waals surface area contributed by atoms with Gasteiger partial charge in [0, 0.05) is 23.8 Å². The Bertz CT molecular complexity index is 593. The van der Waals surface area contributed by atoms with Crippen molar-refractivity contribution in [2.24, 2.45) is 0 Å². The Kier molecular flexibility index (Phi) is 4.27. The molecular formula is C14H16N2O2S. The zero-order chi connectivity index (χ0) is 13.8. The Balaban J connectivity index is 2.12. The number of hydrogen-bond acceptors (Lipinski definition) is 3. The molecule has 1 aromatic heterocycles. The van der Waals surface area contributed by atoms with Gasteiger partial charge in [-0.1, -0.05) is 6.07 Å². The first kappa shape index (κ1) is 13.7. The fourth-order valence-electron chi connectivity index (χ4n) is 1.84. The van der Waals surface area contributed by atoms with E-state index in [1.165, 1.54) is 0 Å². The highest BCUT2D eigenvalue weighted by Gasteiger charge is 2.09. The van der Waals surface area contributed by atoms with E-state index >= 15 is 0 Å². The first-order valence-corrected chi connectivity index (χ1v) is 7.07. The minimum absolute atomic E-state index is 0.365. The van der Waals surface area contributed by atoms with Crippen molar-refractivity contribution >= 4 is 17.7 Å². The van der Waals surface area contributed by atoms with E-state index < -0.39 is 5.97 Å². The molecule has 0 saturated heterocycles. The third-order valence-corrected chi connectivity index (χ3v) is 3.94. The molecule has 2 rings (SSSR count). The number of carboxylic acids is 1. The van der Waals surface area contributed by atoms with Gasteiger partial charge >= 0.3 is 5.97 Å². The van der Waals surface area contributed by atoms with Crippen molar-refractivity contribution in [2.45, 2.75) is 31.0 Å². The number of aromatic nitrogens is 2. The average molecular weight is 276 g/mol. The number of carboxylic acid groups (broad SMARTS) is 1. The predicted molar refractivity (Wildman–Crippen MR) is 75.6 cm³/mol. The highest BCUT2D eigenvalue weighted by molar-refractivity contribution is 7.98. The van der Waals surface area contributed by atoms with E-state index in [1.54, 1.807) is 24.0 Å². The van der Waals surface area contributed by atoms with Crippen LogP contribution in [0.4, 0.5) is 0 Å². The molecule has 0 aliphatic heterocycles. The Morgan fingerprint density at radius 3 is 2.95 bits per heavy atom. The summed E-state index contributed by atoms with van der Waals surface area (Å²) >= 11 is 1.60. The number of thioether (sulfide) groups is 1. The van der Waals surface area contributed by atoms with Gasteiger partial charge in [0.25, 0.3) is 0 Å². The summed E-state index contributed by atoms with van der Waals surface area (Å²) in [7, 11) is 0. The lowest BCUT2D eigenvalue weighted by atomic mass is 10.1. The fraction of sp³-hybridized carbons (Fsp3) is 0.286. The molecule has 0 radical (unpaired) electrons. The van der Waals surface area contributed by atoms with Crippen LogP contribution in [0.25, 0.3) is 0 Å². The van der Waals surface area contributed by atoms with Crippen LogP contribution in [-0.2, 0) is 12.3 Å². The van der Waals surface area contributed by atoms with Crippen molar-refractivity contribution < 1.29 is 9.90 Å². The maximum atomic E-state index is 11.1. The molecular weight excluding hydrogens is 260 g/mol. The van der Waals surface area contributed by atoms with Crippen LogP contribution >= 0.6 is 11.8 Å². The third kappa shape index (κ3) is 3.17. The Morgan fingerprint density at radius 1 is 1.47 bits per heavy atom. The van der Waals surface area contributed by atoms with E-state index in [9.17, 15) is 4.79 Å². The standard InChI is InChI=1S/C14H16N2O2S/c1-3-16-7-6-15-13(16)9-19-11-5-4-10(2)12(8-11)14(17)18/h4-8H,3,9H2,1-2H3,(H,17,18). The number of hydrogen-bond donors (Lipinski definition) is 1. The molecule has 0 spiro atoms. The molecule has 100 valence electrons. The monoisotopic (exact) mass is 276 g/mol. The molecule has 2 aromatic rings. The SMILES string of the molecule is CCn1ccnc1CSc1ccc(C)c(C(=O)O)c1. The molecule has 0 amide bonds. The van der Waals surface area contributed by atoms with Crippen LogP contribution in [0.2, 0.25) is 0 Å². The molecule has 4 nitrogen and oxygen atoms in total. The van der Waals surface area contributed by atoms with Crippen LogP contribution < -0.4 is 0 Å². The van der Waals surface area contributed by atoms with Crippen molar-refractivity contribution in [1.82, 2.24) is 9.55 Å². The first-order valence-electron chi connectivity index (χ1n) is 6.08. The molecule has 19 heavy (non-hydrogen) atoms. The van der Waals surface area contributed by atoms with E-state index in [2.05, 4.69) is 16.5 Å². The molecule has 0 bridgehead atoms. The summed E-state index contributed by atoms with van der Waals surface area (Å²) < 4.78 is 2.08. The van der Waals surface area contributed by atoms with E-state index in [1.807, 2.05) is 25.3 Å². The van der Waals surface area contributed by atoms with Crippen LogP contribution in [0, 0.1) is 6.92 Å². The van der Waals surface area contributed by atoms with Gasteiger partial charge in [-0.25, -0.2) is 9.78 Å². The number of imidazole rings is 1. The van der Waals surface area contributed by atoms with Crippen molar-refractivity contribution in [3.63, 3.8) is 0 Å². The molecule has 1 N–H and O–H groups in total. The van der Waals surface area contributed by atoms with E-state index in [0.717, 1.165) is 28.6 Å². The molecule has 1 heterocycles. The van der Waals surface area contributed by atoms with E-state index in [4.69, 9.17) is 5.11 Å². The minimum Gasteiger partial charge on any atom is -0.478 e. The molecule has 0 aliphatic carbocycles.